The van der Waals surface area contributed by atoms with Crippen LogP contribution in [0.25, 0.3) is 0 Å². The quantitative estimate of drug-likeness (QED) is 0.911. The summed E-state index contributed by atoms with van der Waals surface area (Å²) in [6.07, 6.45) is 5.19. The average molecular weight is 318 g/mol. The fourth-order valence-electron chi connectivity index (χ4n) is 4.62. The first-order chi connectivity index (χ1) is 11.1. The van der Waals surface area contributed by atoms with Gasteiger partial charge in [-0.2, -0.15) is 0 Å². The molecule has 1 saturated heterocycles. The van der Waals surface area contributed by atoms with Gasteiger partial charge in [0.05, 0.1) is 11.8 Å². The van der Waals surface area contributed by atoms with E-state index in [4.69, 9.17) is 10.5 Å². The van der Waals surface area contributed by atoms with Crippen molar-refractivity contribution in [2.75, 3.05) is 18.0 Å². The number of hydrogen-bond donors (Lipinski definition) is 1. The zero-order chi connectivity index (χ0) is 16.0. The van der Waals surface area contributed by atoms with Gasteiger partial charge >= 0.3 is 0 Å². The summed E-state index contributed by atoms with van der Waals surface area (Å²) in [4.78, 5) is 14.7. The minimum absolute atomic E-state index is 0.0287. The number of halogens is 1. The minimum atomic E-state index is -0.434. The number of amides is 1. The Labute approximate surface area is 135 Å². The molecule has 1 aromatic rings. The summed E-state index contributed by atoms with van der Waals surface area (Å²) >= 11 is 0. The molecule has 1 saturated carbocycles. The van der Waals surface area contributed by atoms with Crippen LogP contribution in [0.4, 0.5) is 10.1 Å². The number of hydrogen-bond acceptors (Lipinski definition) is 3. The van der Waals surface area contributed by atoms with Gasteiger partial charge in [0.2, 0.25) is 0 Å². The third kappa shape index (κ3) is 2.29. The van der Waals surface area contributed by atoms with Gasteiger partial charge in [-0.1, -0.05) is 18.9 Å². The van der Waals surface area contributed by atoms with Crippen LogP contribution < -0.4 is 10.6 Å². The number of ether oxygens (including phenoxy) is 1. The molecule has 0 aromatic heterocycles. The standard InChI is InChI=1S/C18H23FN2O2/c19-13-4-3-5-14-16(13)18(8-1-2-9-18)11-21(14)17(22)15-7-6-12(10-20)23-15/h3-5,12,15H,1-2,6-11,20H2/t12-,15+/m1/s1. The Kier molecular flexibility index (Phi) is 3.65. The highest BCUT2D eigenvalue weighted by molar-refractivity contribution is 5.99. The Morgan fingerprint density at radius 2 is 2.13 bits per heavy atom. The molecule has 23 heavy (non-hydrogen) atoms. The topological polar surface area (TPSA) is 55.6 Å². The maximum Gasteiger partial charge on any atom is 0.256 e. The van der Waals surface area contributed by atoms with Crippen LogP contribution in [0.15, 0.2) is 18.2 Å². The van der Waals surface area contributed by atoms with E-state index in [-0.39, 0.29) is 23.2 Å². The number of anilines is 1. The molecular weight excluding hydrogens is 295 g/mol. The SMILES string of the molecule is NC[C@H]1CC[C@@H](C(=O)N2CC3(CCCC3)c3c(F)cccc32)O1. The van der Waals surface area contributed by atoms with Gasteiger partial charge in [0.25, 0.3) is 5.91 Å². The van der Waals surface area contributed by atoms with Gasteiger partial charge in [0.15, 0.2) is 0 Å². The van der Waals surface area contributed by atoms with Crippen LogP contribution in [0.2, 0.25) is 0 Å². The van der Waals surface area contributed by atoms with Crippen LogP contribution >= 0.6 is 0 Å². The fraction of sp³-hybridized carbons (Fsp3) is 0.611. The van der Waals surface area contributed by atoms with E-state index in [0.29, 0.717) is 19.5 Å². The van der Waals surface area contributed by atoms with E-state index in [1.165, 1.54) is 6.07 Å². The molecule has 1 spiro atoms. The van der Waals surface area contributed by atoms with Gasteiger partial charge in [0.1, 0.15) is 11.9 Å². The number of nitrogens with zero attached hydrogens (tertiary/aromatic N) is 1. The third-order valence-corrected chi connectivity index (χ3v) is 5.75. The lowest BCUT2D eigenvalue weighted by Crippen LogP contribution is -2.41. The van der Waals surface area contributed by atoms with Crippen LogP contribution in [-0.2, 0) is 14.9 Å². The predicted molar refractivity (Wildman–Crippen MR) is 85.8 cm³/mol. The zero-order valence-electron chi connectivity index (χ0n) is 13.3. The highest BCUT2D eigenvalue weighted by Gasteiger charge is 2.49. The molecule has 0 radical (unpaired) electrons. The van der Waals surface area contributed by atoms with Crippen molar-refractivity contribution in [3.8, 4) is 0 Å². The summed E-state index contributed by atoms with van der Waals surface area (Å²) in [5.74, 6) is -0.205. The Balaban J connectivity index is 1.66. The molecule has 5 heteroatoms. The van der Waals surface area contributed by atoms with E-state index in [9.17, 15) is 9.18 Å². The first kappa shape index (κ1) is 15.1. The van der Waals surface area contributed by atoms with Gasteiger partial charge in [-0.3, -0.25) is 4.79 Å². The van der Waals surface area contributed by atoms with Crippen molar-refractivity contribution in [2.45, 2.75) is 56.1 Å². The van der Waals surface area contributed by atoms with Crippen LogP contribution in [0.3, 0.4) is 0 Å². The lowest BCUT2D eigenvalue weighted by Gasteiger charge is -2.26. The first-order valence-corrected chi connectivity index (χ1v) is 8.60. The third-order valence-electron chi connectivity index (χ3n) is 5.75. The molecule has 2 atom stereocenters. The normalized spacial score (nSPS) is 28.5. The van der Waals surface area contributed by atoms with Crippen LogP contribution in [0, 0.1) is 5.82 Å². The predicted octanol–water partition coefficient (Wildman–Crippen LogP) is 2.49. The molecule has 0 bridgehead atoms. The van der Waals surface area contributed by atoms with E-state index < -0.39 is 6.10 Å². The van der Waals surface area contributed by atoms with Gasteiger partial charge in [-0.15, -0.1) is 0 Å². The summed E-state index contributed by atoms with van der Waals surface area (Å²) in [5, 5.41) is 0. The molecule has 124 valence electrons. The van der Waals surface area contributed by atoms with Crippen molar-refractivity contribution in [1.82, 2.24) is 0 Å². The molecule has 1 aromatic carbocycles. The van der Waals surface area contributed by atoms with Gasteiger partial charge in [-0.05, 0) is 37.8 Å². The summed E-state index contributed by atoms with van der Waals surface area (Å²) in [6.45, 7) is 1.04. The second-order valence-corrected chi connectivity index (χ2v) is 7.11. The average Bonchev–Trinajstić information content (AvgIpc) is 3.27. The highest BCUT2D eigenvalue weighted by atomic mass is 19.1. The molecule has 2 aliphatic heterocycles. The number of benzene rings is 1. The zero-order valence-corrected chi connectivity index (χ0v) is 13.3. The maximum atomic E-state index is 14.5. The molecule has 0 unspecified atom stereocenters. The van der Waals surface area contributed by atoms with E-state index >= 15 is 0 Å². The summed E-state index contributed by atoms with van der Waals surface area (Å²) in [5.41, 5.74) is 6.94. The molecular formula is C18H23FN2O2. The van der Waals surface area contributed by atoms with Crippen molar-refractivity contribution in [1.29, 1.82) is 0 Å². The van der Waals surface area contributed by atoms with Crippen molar-refractivity contribution < 1.29 is 13.9 Å². The molecule has 1 aliphatic carbocycles. The maximum absolute atomic E-state index is 14.5. The lowest BCUT2D eigenvalue weighted by molar-refractivity contribution is -0.129. The minimum Gasteiger partial charge on any atom is -0.364 e. The fourth-order valence-corrected chi connectivity index (χ4v) is 4.62. The Morgan fingerprint density at radius 1 is 1.35 bits per heavy atom. The molecule has 4 nitrogen and oxygen atoms in total. The Hall–Kier alpha value is -1.46. The number of carbonyl (C=O) groups is 1. The number of fused-ring (bicyclic) bond motifs is 2. The first-order valence-electron chi connectivity index (χ1n) is 8.60. The van der Waals surface area contributed by atoms with Crippen LogP contribution in [0.1, 0.15) is 44.1 Å². The second kappa shape index (κ2) is 5.56. The molecule has 3 aliphatic rings. The monoisotopic (exact) mass is 318 g/mol. The Bertz CT molecular complexity index is 627. The Morgan fingerprint density at radius 3 is 2.83 bits per heavy atom. The van der Waals surface area contributed by atoms with Gasteiger partial charge in [0, 0.05) is 24.1 Å². The second-order valence-electron chi connectivity index (χ2n) is 7.11. The highest BCUT2D eigenvalue weighted by Crippen LogP contribution is 2.51. The summed E-state index contributed by atoms with van der Waals surface area (Å²) in [7, 11) is 0. The van der Waals surface area contributed by atoms with Crippen molar-refractivity contribution in [3.63, 3.8) is 0 Å². The lowest BCUT2D eigenvalue weighted by atomic mass is 9.80. The van der Waals surface area contributed by atoms with E-state index in [1.807, 2.05) is 6.07 Å². The van der Waals surface area contributed by atoms with Gasteiger partial charge in [-0.25, -0.2) is 4.39 Å². The number of nitrogens with two attached hydrogens (primary N) is 1. The molecule has 2 fully saturated rings. The van der Waals surface area contributed by atoms with Crippen LogP contribution in [-0.4, -0.2) is 31.2 Å². The smallest absolute Gasteiger partial charge is 0.256 e. The summed E-state index contributed by atoms with van der Waals surface area (Å²) < 4.78 is 20.3. The van der Waals surface area contributed by atoms with Crippen molar-refractivity contribution >= 4 is 11.6 Å². The van der Waals surface area contributed by atoms with E-state index in [2.05, 4.69) is 0 Å². The largest absolute Gasteiger partial charge is 0.364 e. The van der Waals surface area contributed by atoms with Gasteiger partial charge < -0.3 is 15.4 Å². The number of carbonyl (C=O) groups excluding carboxylic acids is 1. The number of rotatable bonds is 2. The van der Waals surface area contributed by atoms with Crippen molar-refractivity contribution in [2.24, 2.45) is 5.73 Å². The van der Waals surface area contributed by atoms with Crippen molar-refractivity contribution in [3.05, 3.63) is 29.6 Å². The molecule has 2 N–H and O–H groups in total. The summed E-state index contributed by atoms with van der Waals surface area (Å²) in [6, 6.07) is 5.09. The molecule has 2 heterocycles. The van der Waals surface area contributed by atoms with E-state index in [0.717, 1.165) is 43.4 Å². The van der Waals surface area contributed by atoms with E-state index in [1.54, 1.807) is 11.0 Å². The molecule has 4 rings (SSSR count). The van der Waals surface area contributed by atoms with Crippen LogP contribution in [0.5, 0.6) is 0 Å². The molecule has 1 amide bonds.